The quantitative estimate of drug-likeness (QED) is 0.780. The van der Waals surface area contributed by atoms with Crippen LogP contribution in [0.1, 0.15) is 22.1 Å². The summed E-state index contributed by atoms with van der Waals surface area (Å²) in [5, 5.41) is 2.45. The van der Waals surface area contributed by atoms with Crippen molar-refractivity contribution in [1.82, 2.24) is 14.9 Å². The van der Waals surface area contributed by atoms with Gasteiger partial charge in [0.25, 0.3) is 11.5 Å². The summed E-state index contributed by atoms with van der Waals surface area (Å²) in [6.07, 6.45) is -3.55. The SMILES string of the molecule is Cn1c(=O)c(C(=O)N[C@H](c2ccccn2)C(F)(F)F)cc2ccccc21. The molecule has 0 unspecified atom stereocenters. The van der Waals surface area contributed by atoms with E-state index in [1.165, 1.54) is 36.0 Å². The van der Waals surface area contributed by atoms with Gasteiger partial charge in [0.1, 0.15) is 5.56 Å². The van der Waals surface area contributed by atoms with E-state index >= 15 is 0 Å². The van der Waals surface area contributed by atoms with Gasteiger partial charge in [-0.15, -0.1) is 0 Å². The zero-order valence-electron chi connectivity index (χ0n) is 13.6. The molecule has 2 heterocycles. The lowest BCUT2D eigenvalue weighted by Crippen LogP contribution is -2.41. The fraction of sp³-hybridized carbons (Fsp3) is 0.167. The predicted octanol–water partition coefficient (Wildman–Crippen LogP) is 2.97. The van der Waals surface area contributed by atoms with Crippen LogP contribution in [-0.2, 0) is 7.05 Å². The van der Waals surface area contributed by atoms with Gasteiger partial charge in [-0.1, -0.05) is 24.3 Å². The lowest BCUT2D eigenvalue weighted by Gasteiger charge is -2.21. The van der Waals surface area contributed by atoms with Gasteiger partial charge in [-0.2, -0.15) is 13.2 Å². The van der Waals surface area contributed by atoms with E-state index in [1.807, 2.05) is 5.32 Å². The summed E-state index contributed by atoms with van der Waals surface area (Å²) < 4.78 is 41.4. The highest BCUT2D eigenvalue weighted by Crippen LogP contribution is 2.31. The maximum absolute atomic E-state index is 13.4. The molecule has 1 aromatic carbocycles. The number of alkyl halides is 3. The summed E-state index contributed by atoms with van der Waals surface area (Å²) in [5.41, 5.74) is -0.823. The molecule has 2 aromatic heterocycles. The van der Waals surface area contributed by atoms with Crippen LogP contribution >= 0.6 is 0 Å². The fourth-order valence-electron chi connectivity index (χ4n) is 2.66. The maximum Gasteiger partial charge on any atom is 0.414 e. The lowest BCUT2D eigenvalue weighted by molar-refractivity contribution is -0.156. The molecule has 5 nitrogen and oxygen atoms in total. The number of pyridine rings is 2. The summed E-state index contributed by atoms with van der Waals surface area (Å²) >= 11 is 0. The first kappa shape index (κ1) is 17.7. The van der Waals surface area contributed by atoms with Crippen LogP contribution in [0.4, 0.5) is 13.2 Å². The first-order chi connectivity index (χ1) is 12.3. The van der Waals surface area contributed by atoms with Crippen molar-refractivity contribution in [1.29, 1.82) is 0 Å². The van der Waals surface area contributed by atoms with Crippen molar-refractivity contribution in [3.8, 4) is 0 Å². The summed E-state index contributed by atoms with van der Waals surface area (Å²) in [4.78, 5) is 28.5. The molecule has 0 bridgehead atoms. The number of aryl methyl sites for hydroxylation is 1. The normalized spacial score (nSPS) is 12.8. The molecule has 1 N–H and O–H groups in total. The Morgan fingerprint density at radius 3 is 2.50 bits per heavy atom. The number of nitrogens with one attached hydrogen (secondary N) is 1. The van der Waals surface area contributed by atoms with Crippen molar-refractivity contribution in [2.75, 3.05) is 0 Å². The average Bonchev–Trinajstić information content (AvgIpc) is 2.62. The van der Waals surface area contributed by atoms with Gasteiger partial charge in [-0.05, 0) is 29.7 Å². The number of carbonyl (C=O) groups is 1. The minimum absolute atomic E-state index is 0.356. The molecule has 0 aliphatic carbocycles. The Kier molecular flexibility index (Phi) is 4.50. The van der Waals surface area contributed by atoms with Gasteiger partial charge >= 0.3 is 6.18 Å². The number of rotatable bonds is 3. The Labute approximate surface area is 146 Å². The molecular formula is C18H14F3N3O2. The first-order valence-electron chi connectivity index (χ1n) is 7.66. The van der Waals surface area contributed by atoms with E-state index in [0.717, 1.165) is 6.07 Å². The molecule has 8 heteroatoms. The van der Waals surface area contributed by atoms with Gasteiger partial charge in [0.2, 0.25) is 0 Å². The van der Waals surface area contributed by atoms with Crippen LogP contribution in [-0.4, -0.2) is 21.6 Å². The second-order valence-electron chi connectivity index (χ2n) is 5.68. The van der Waals surface area contributed by atoms with Crippen LogP contribution in [0.15, 0.2) is 59.5 Å². The number of amides is 1. The predicted molar refractivity (Wildman–Crippen MR) is 89.7 cm³/mol. The zero-order chi connectivity index (χ0) is 18.9. The summed E-state index contributed by atoms with van der Waals surface area (Å²) in [7, 11) is 1.46. The maximum atomic E-state index is 13.4. The van der Waals surface area contributed by atoms with Gasteiger partial charge in [-0.25, -0.2) is 0 Å². The first-order valence-corrected chi connectivity index (χ1v) is 7.66. The van der Waals surface area contributed by atoms with Crippen molar-refractivity contribution >= 4 is 16.8 Å². The van der Waals surface area contributed by atoms with Crippen molar-refractivity contribution in [3.63, 3.8) is 0 Å². The fourth-order valence-corrected chi connectivity index (χ4v) is 2.66. The Balaban J connectivity index is 2.02. The highest BCUT2D eigenvalue weighted by atomic mass is 19.4. The zero-order valence-corrected chi connectivity index (χ0v) is 13.6. The molecule has 3 rings (SSSR count). The molecule has 26 heavy (non-hydrogen) atoms. The van der Waals surface area contributed by atoms with Crippen LogP contribution in [0.5, 0.6) is 0 Å². The lowest BCUT2D eigenvalue weighted by atomic mass is 10.1. The second-order valence-corrected chi connectivity index (χ2v) is 5.68. The largest absolute Gasteiger partial charge is 0.414 e. The average molecular weight is 361 g/mol. The van der Waals surface area contributed by atoms with Gasteiger partial charge in [0.05, 0.1) is 11.2 Å². The van der Waals surface area contributed by atoms with Crippen molar-refractivity contribution in [2.24, 2.45) is 7.05 Å². The molecule has 0 spiro atoms. The smallest absolute Gasteiger partial charge is 0.335 e. The minimum atomic E-state index is -4.76. The third-order valence-corrected chi connectivity index (χ3v) is 3.96. The molecule has 1 atom stereocenters. The number of hydrogen-bond donors (Lipinski definition) is 1. The highest BCUT2D eigenvalue weighted by Gasteiger charge is 2.43. The van der Waals surface area contributed by atoms with E-state index < -0.39 is 23.7 Å². The van der Waals surface area contributed by atoms with E-state index in [2.05, 4.69) is 4.98 Å². The van der Waals surface area contributed by atoms with Crippen molar-refractivity contribution in [3.05, 3.63) is 76.3 Å². The van der Waals surface area contributed by atoms with Crippen LogP contribution < -0.4 is 10.9 Å². The van der Waals surface area contributed by atoms with Crippen LogP contribution in [0.3, 0.4) is 0 Å². The summed E-state index contributed by atoms with van der Waals surface area (Å²) in [6.45, 7) is 0. The molecule has 0 saturated heterocycles. The molecule has 0 saturated carbocycles. The second kappa shape index (κ2) is 6.62. The number of carbonyl (C=O) groups excluding carboxylic acids is 1. The topological polar surface area (TPSA) is 64.0 Å². The Bertz CT molecular complexity index is 1010. The van der Waals surface area contributed by atoms with Gasteiger partial charge in [-0.3, -0.25) is 14.6 Å². The number of benzene rings is 1. The van der Waals surface area contributed by atoms with E-state index in [9.17, 15) is 22.8 Å². The molecule has 134 valence electrons. The molecular weight excluding hydrogens is 347 g/mol. The number of aromatic nitrogens is 2. The molecule has 0 radical (unpaired) electrons. The van der Waals surface area contributed by atoms with Crippen LogP contribution in [0.2, 0.25) is 0 Å². The van der Waals surface area contributed by atoms with Crippen molar-refractivity contribution in [2.45, 2.75) is 12.2 Å². The van der Waals surface area contributed by atoms with Crippen molar-refractivity contribution < 1.29 is 18.0 Å². The Morgan fingerprint density at radius 2 is 1.85 bits per heavy atom. The number of halogens is 3. The minimum Gasteiger partial charge on any atom is -0.335 e. The molecule has 0 aliphatic heterocycles. The highest BCUT2D eigenvalue weighted by molar-refractivity contribution is 5.97. The standard InChI is InChI=1S/C18H14F3N3O2/c1-24-14-8-3-2-6-11(14)10-12(17(24)26)16(25)23-15(18(19,20)21)13-7-4-5-9-22-13/h2-10,15H,1H3,(H,23,25)/t15-/m1/s1. The van der Waals surface area contributed by atoms with Gasteiger partial charge in [0, 0.05) is 13.2 Å². The monoisotopic (exact) mass is 361 g/mol. The van der Waals surface area contributed by atoms with Gasteiger partial charge in [0.15, 0.2) is 6.04 Å². The van der Waals surface area contributed by atoms with E-state index in [1.54, 1.807) is 24.3 Å². The van der Waals surface area contributed by atoms with E-state index in [0.29, 0.717) is 10.9 Å². The molecule has 1 amide bonds. The Hall–Kier alpha value is -3.16. The van der Waals surface area contributed by atoms with E-state index in [-0.39, 0.29) is 11.3 Å². The number of para-hydroxylation sites is 1. The Morgan fingerprint density at radius 1 is 1.15 bits per heavy atom. The third kappa shape index (κ3) is 3.30. The van der Waals surface area contributed by atoms with E-state index in [4.69, 9.17) is 0 Å². The number of fused-ring (bicyclic) bond motifs is 1. The molecule has 0 aliphatic rings. The molecule has 3 aromatic rings. The molecule has 0 fully saturated rings. The number of hydrogen-bond acceptors (Lipinski definition) is 3. The third-order valence-electron chi connectivity index (χ3n) is 3.96. The number of nitrogens with zero attached hydrogens (tertiary/aromatic N) is 2. The van der Waals surface area contributed by atoms with Crippen LogP contribution in [0, 0.1) is 0 Å². The summed E-state index contributed by atoms with van der Waals surface area (Å²) in [5.74, 6) is -1.11. The van der Waals surface area contributed by atoms with Crippen LogP contribution in [0.25, 0.3) is 10.9 Å². The van der Waals surface area contributed by atoms with Gasteiger partial charge < -0.3 is 9.88 Å². The summed E-state index contributed by atoms with van der Waals surface area (Å²) in [6, 6.07) is 9.79.